The monoisotopic (exact) mass is 216 g/mol. The van der Waals surface area contributed by atoms with Crippen molar-refractivity contribution in [1.29, 1.82) is 0 Å². The first-order valence-corrected chi connectivity index (χ1v) is 5.88. The molecule has 0 aromatic rings. The number of methoxy groups -OCH3 is 1. The fraction of sp³-hybridized carbons (Fsp3) is 1.00. The molecule has 0 saturated heterocycles. The molecule has 0 spiro atoms. The van der Waals surface area contributed by atoms with Crippen LogP contribution in [0.1, 0.15) is 34.1 Å². The Balaban J connectivity index is 3.83. The molecule has 0 radical (unpaired) electrons. The van der Waals surface area contributed by atoms with Gasteiger partial charge in [0.25, 0.3) is 0 Å². The van der Waals surface area contributed by atoms with Crippen LogP contribution in [0.15, 0.2) is 0 Å². The molecule has 0 rings (SSSR count). The first kappa shape index (κ1) is 14.9. The molecule has 0 aliphatic heterocycles. The van der Waals surface area contributed by atoms with Gasteiger partial charge in [-0.2, -0.15) is 0 Å². The summed E-state index contributed by atoms with van der Waals surface area (Å²) in [5.41, 5.74) is 0.280. The average Bonchev–Trinajstić information content (AvgIpc) is 2.23. The molecule has 0 aromatic heterocycles. The predicted molar refractivity (Wildman–Crippen MR) is 66.3 cm³/mol. The van der Waals surface area contributed by atoms with E-state index in [4.69, 9.17) is 4.74 Å². The lowest BCUT2D eigenvalue weighted by Crippen LogP contribution is -2.49. The van der Waals surface area contributed by atoms with E-state index in [2.05, 4.69) is 45.0 Å². The Bertz CT molecular complexity index is 160. The van der Waals surface area contributed by atoms with E-state index >= 15 is 0 Å². The maximum atomic E-state index is 5.00. The van der Waals surface area contributed by atoms with E-state index < -0.39 is 0 Å². The molecule has 92 valence electrons. The van der Waals surface area contributed by atoms with Crippen molar-refractivity contribution < 1.29 is 4.74 Å². The maximum absolute atomic E-state index is 5.00. The van der Waals surface area contributed by atoms with Gasteiger partial charge in [-0.15, -0.1) is 0 Å². The number of hydrogen-bond acceptors (Lipinski definition) is 3. The van der Waals surface area contributed by atoms with Gasteiger partial charge in [-0.3, -0.25) is 4.90 Å². The minimum absolute atomic E-state index is 0.280. The summed E-state index contributed by atoms with van der Waals surface area (Å²) in [6.07, 6.45) is 1.17. The van der Waals surface area contributed by atoms with Crippen LogP contribution in [0.2, 0.25) is 0 Å². The van der Waals surface area contributed by atoms with Gasteiger partial charge in [0, 0.05) is 31.8 Å². The molecule has 3 nitrogen and oxygen atoms in total. The number of nitrogens with zero attached hydrogens (tertiary/aromatic N) is 1. The van der Waals surface area contributed by atoms with Crippen LogP contribution >= 0.6 is 0 Å². The Kier molecular flexibility index (Phi) is 7.14. The van der Waals surface area contributed by atoms with Crippen molar-refractivity contribution in [2.24, 2.45) is 0 Å². The van der Waals surface area contributed by atoms with Gasteiger partial charge in [0.1, 0.15) is 0 Å². The Morgan fingerprint density at radius 1 is 1.40 bits per heavy atom. The Morgan fingerprint density at radius 3 is 2.47 bits per heavy atom. The standard InChI is InChI=1S/C12H28N2O/c1-7-12(3,4)14(5)11(2)10-13-8-9-15-6/h11,13H,7-10H2,1-6H3. The van der Waals surface area contributed by atoms with Gasteiger partial charge in [-0.1, -0.05) is 6.92 Å². The maximum Gasteiger partial charge on any atom is 0.0587 e. The van der Waals surface area contributed by atoms with Crippen molar-refractivity contribution in [3.8, 4) is 0 Å². The zero-order chi connectivity index (χ0) is 11.9. The topological polar surface area (TPSA) is 24.5 Å². The van der Waals surface area contributed by atoms with E-state index in [1.165, 1.54) is 6.42 Å². The van der Waals surface area contributed by atoms with Crippen LogP contribution in [-0.4, -0.2) is 50.3 Å². The van der Waals surface area contributed by atoms with Crippen molar-refractivity contribution >= 4 is 0 Å². The van der Waals surface area contributed by atoms with Gasteiger partial charge in [-0.05, 0) is 34.2 Å². The number of rotatable bonds is 8. The highest BCUT2D eigenvalue weighted by molar-refractivity contribution is 4.82. The van der Waals surface area contributed by atoms with Gasteiger partial charge in [0.15, 0.2) is 0 Å². The molecule has 15 heavy (non-hydrogen) atoms. The lowest BCUT2D eigenvalue weighted by atomic mass is 9.98. The molecule has 0 heterocycles. The second kappa shape index (κ2) is 7.20. The number of nitrogens with one attached hydrogen (secondary N) is 1. The second-order valence-corrected chi connectivity index (χ2v) is 4.82. The van der Waals surface area contributed by atoms with Gasteiger partial charge in [0.05, 0.1) is 6.61 Å². The first-order chi connectivity index (χ1) is 6.95. The average molecular weight is 216 g/mol. The molecule has 0 saturated carbocycles. The summed E-state index contributed by atoms with van der Waals surface area (Å²) in [5.74, 6) is 0. The normalized spacial score (nSPS) is 14.6. The summed E-state index contributed by atoms with van der Waals surface area (Å²) < 4.78 is 5.00. The third-order valence-electron chi connectivity index (χ3n) is 3.40. The third kappa shape index (κ3) is 5.50. The highest BCUT2D eigenvalue weighted by Gasteiger charge is 2.24. The summed E-state index contributed by atoms with van der Waals surface area (Å²) in [5, 5.41) is 3.40. The van der Waals surface area contributed by atoms with Gasteiger partial charge < -0.3 is 10.1 Å². The smallest absolute Gasteiger partial charge is 0.0587 e. The van der Waals surface area contributed by atoms with Crippen LogP contribution < -0.4 is 5.32 Å². The SMILES string of the molecule is CCC(C)(C)N(C)C(C)CNCCOC. The van der Waals surface area contributed by atoms with E-state index in [1.807, 2.05) is 0 Å². The molecule has 0 aliphatic rings. The molecule has 1 N–H and O–H groups in total. The quantitative estimate of drug-likeness (QED) is 0.625. The van der Waals surface area contributed by atoms with Crippen molar-refractivity contribution in [1.82, 2.24) is 10.2 Å². The van der Waals surface area contributed by atoms with E-state index in [1.54, 1.807) is 7.11 Å². The first-order valence-electron chi connectivity index (χ1n) is 5.88. The highest BCUT2D eigenvalue weighted by atomic mass is 16.5. The summed E-state index contributed by atoms with van der Waals surface area (Å²) in [6, 6.07) is 0.553. The Hall–Kier alpha value is -0.120. The van der Waals surface area contributed by atoms with Crippen LogP contribution in [0.3, 0.4) is 0 Å². The van der Waals surface area contributed by atoms with Crippen LogP contribution in [0.4, 0.5) is 0 Å². The molecule has 3 heteroatoms. The number of hydrogen-bond donors (Lipinski definition) is 1. The van der Waals surface area contributed by atoms with Gasteiger partial charge >= 0.3 is 0 Å². The molecule has 0 aliphatic carbocycles. The number of ether oxygens (including phenoxy) is 1. The predicted octanol–water partition coefficient (Wildman–Crippen LogP) is 1.73. The van der Waals surface area contributed by atoms with Crippen molar-refractivity contribution in [3.63, 3.8) is 0 Å². The van der Waals surface area contributed by atoms with Crippen molar-refractivity contribution in [2.75, 3.05) is 33.9 Å². The van der Waals surface area contributed by atoms with Gasteiger partial charge in [-0.25, -0.2) is 0 Å². The molecular weight excluding hydrogens is 188 g/mol. The lowest BCUT2D eigenvalue weighted by Gasteiger charge is -2.39. The molecule has 0 fully saturated rings. The Morgan fingerprint density at radius 2 is 2.00 bits per heavy atom. The minimum Gasteiger partial charge on any atom is -0.383 e. The fourth-order valence-corrected chi connectivity index (χ4v) is 1.47. The molecule has 1 unspecified atom stereocenters. The summed E-state index contributed by atoms with van der Waals surface area (Å²) in [7, 11) is 3.93. The van der Waals surface area contributed by atoms with E-state index in [9.17, 15) is 0 Å². The molecule has 0 amide bonds. The molecule has 0 aromatic carbocycles. The van der Waals surface area contributed by atoms with Crippen LogP contribution in [0.5, 0.6) is 0 Å². The van der Waals surface area contributed by atoms with Crippen LogP contribution in [-0.2, 0) is 4.74 Å². The van der Waals surface area contributed by atoms with Crippen molar-refractivity contribution in [3.05, 3.63) is 0 Å². The molecular formula is C12H28N2O. The fourth-order valence-electron chi connectivity index (χ4n) is 1.47. The minimum atomic E-state index is 0.280. The van der Waals surface area contributed by atoms with Crippen LogP contribution in [0.25, 0.3) is 0 Å². The largest absolute Gasteiger partial charge is 0.383 e. The third-order valence-corrected chi connectivity index (χ3v) is 3.40. The van der Waals surface area contributed by atoms with Crippen LogP contribution in [0, 0.1) is 0 Å². The summed E-state index contributed by atoms with van der Waals surface area (Å²) >= 11 is 0. The van der Waals surface area contributed by atoms with Crippen molar-refractivity contribution in [2.45, 2.75) is 45.7 Å². The van der Waals surface area contributed by atoms with E-state index in [0.29, 0.717) is 6.04 Å². The van der Waals surface area contributed by atoms with E-state index in [0.717, 1.165) is 19.7 Å². The van der Waals surface area contributed by atoms with E-state index in [-0.39, 0.29) is 5.54 Å². The summed E-state index contributed by atoms with van der Waals surface area (Å²) in [4.78, 5) is 2.44. The van der Waals surface area contributed by atoms with Gasteiger partial charge in [0.2, 0.25) is 0 Å². The molecule has 0 bridgehead atoms. The Labute approximate surface area is 95.2 Å². The second-order valence-electron chi connectivity index (χ2n) is 4.82. The number of likely N-dealkylation sites (N-methyl/N-ethyl adjacent to an activating group) is 1. The zero-order valence-electron chi connectivity index (χ0n) is 11.3. The summed E-state index contributed by atoms with van der Waals surface area (Å²) in [6.45, 7) is 11.8. The highest BCUT2D eigenvalue weighted by Crippen LogP contribution is 2.18. The zero-order valence-corrected chi connectivity index (χ0v) is 11.3. The lowest BCUT2D eigenvalue weighted by molar-refractivity contribution is 0.103. The molecule has 1 atom stereocenters.